The van der Waals surface area contributed by atoms with Gasteiger partial charge in [-0.25, -0.2) is 0 Å². The highest BCUT2D eigenvalue weighted by atomic mass is 14.5. The van der Waals surface area contributed by atoms with Crippen molar-refractivity contribution >= 4 is 6.08 Å². The average Bonchev–Trinajstić information content (AvgIpc) is 3.01. The summed E-state index contributed by atoms with van der Waals surface area (Å²) < 4.78 is 0. The largest absolute Gasteiger partial charge is 0.0755 e. The second kappa shape index (κ2) is 5.18. The summed E-state index contributed by atoms with van der Waals surface area (Å²) in [6, 6.07) is 20.2. The van der Waals surface area contributed by atoms with E-state index in [4.69, 9.17) is 0 Å². The van der Waals surface area contributed by atoms with Gasteiger partial charge in [0.1, 0.15) is 0 Å². The molecule has 0 aromatic heterocycles. The van der Waals surface area contributed by atoms with Gasteiger partial charge in [0.05, 0.1) is 0 Å². The number of hydrogen-bond donors (Lipinski definition) is 0. The molecule has 0 N–H and O–H groups in total. The number of hydrogen-bond acceptors (Lipinski definition) is 0. The van der Waals surface area contributed by atoms with Crippen LogP contribution in [0, 0.1) is 0 Å². The highest BCUT2D eigenvalue weighted by molar-refractivity contribution is 5.64. The molecule has 0 bridgehead atoms. The molecule has 2 aromatic carbocycles. The topological polar surface area (TPSA) is 0 Å². The minimum Gasteiger partial charge on any atom is -0.0755 e. The van der Waals surface area contributed by atoms with E-state index in [0.29, 0.717) is 11.3 Å². The molecule has 106 valence electrons. The Morgan fingerprint density at radius 3 is 2.29 bits per heavy atom. The molecule has 2 aromatic rings. The third kappa shape index (κ3) is 2.05. The van der Waals surface area contributed by atoms with Gasteiger partial charge in [-0.05, 0) is 29.5 Å². The van der Waals surface area contributed by atoms with Crippen LogP contribution < -0.4 is 0 Å². The lowest BCUT2D eigenvalue weighted by molar-refractivity contribution is 0.268. The summed E-state index contributed by atoms with van der Waals surface area (Å²) in [7, 11) is 0. The van der Waals surface area contributed by atoms with E-state index < -0.39 is 0 Å². The van der Waals surface area contributed by atoms with Crippen molar-refractivity contribution in [1.29, 1.82) is 0 Å². The van der Waals surface area contributed by atoms with Gasteiger partial charge in [0.15, 0.2) is 0 Å². The van der Waals surface area contributed by atoms with Crippen molar-refractivity contribution in [3.63, 3.8) is 0 Å². The van der Waals surface area contributed by atoms with E-state index in [9.17, 15) is 0 Å². The van der Waals surface area contributed by atoms with Crippen LogP contribution in [0.4, 0.5) is 0 Å². The van der Waals surface area contributed by atoms with Gasteiger partial charge in [-0.1, -0.05) is 86.0 Å². The lowest BCUT2D eigenvalue weighted by Crippen LogP contribution is -2.34. The van der Waals surface area contributed by atoms with Crippen LogP contribution in [0.1, 0.15) is 54.7 Å². The second-order valence-corrected chi connectivity index (χ2v) is 6.55. The number of fused-ring (bicyclic) bond motifs is 1. The van der Waals surface area contributed by atoms with Gasteiger partial charge < -0.3 is 0 Å². The SMILES string of the molecule is C1=CC(C2(c3ccccc3)CCCCC2)c2ccccc21. The summed E-state index contributed by atoms with van der Waals surface area (Å²) >= 11 is 0. The maximum absolute atomic E-state index is 2.46. The van der Waals surface area contributed by atoms with Gasteiger partial charge in [-0.3, -0.25) is 0 Å². The maximum Gasteiger partial charge on any atom is 0.0124 e. The lowest BCUT2D eigenvalue weighted by Gasteiger charge is -2.43. The third-order valence-electron chi connectivity index (χ3n) is 5.49. The van der Waals surface area contributed by atoms with Crippen LogP contribution in [0.15, 0.2) is 60.7 Å². The molecule has 0 spiro atoms. The molecule has 4 rings (SSSR count). The van der Waals surface area contributed by atoms with Gasteiger partial charge >= 0.3 is 0 Å². The number of benzene rings is 2. The Bertz CT molecular complexity index is 645. The molecular weight excluding hydrogens is 252 g/mol. The van der Waals surface area contributed by atoms with Crippen molar-refractivity contribution in [2.75, 3.05) is 0 Å². The molecular formula is C21H22. The van der Waals surface area contributed by atoms with Crippen LogP contribution in [0.25, 0.3) is 6.08 Å². The van der Waals surface area contributed by atoms with E-state index in [2.05, 4.69) is 66.7 Å². The lowest BCUT2D eigenvalue weighted by atomic mass is 9.61. The summed E-state index contributed by atoms with van der Waals surface area (Å²) in [6.45, 7) is 0. The standard InChI is InChI=1S/C21H22/c1-3-10-18(11-4-1)21(15-7-2-8-16-21)20-14-13-17-9-5-6-12-19(17)20/h1,3-6,9-14,20H,2,7-8,15-16H2. The minimum atomic E-state index is 0.308. The van der Waals surface area contributed by atoms with E-state index in [1.807, 2.05) is 0 Å². The molecule has 21 heavy (non-hydrogen) atoms. The van der Waals surface area contributed by atoms with Gasteiger partial charge in [0.2, 0.25) is 0 Å². The van der Waals surface area contributed by atoms with Crippen LogP contribution in [0.5, 0.6) is 0 Å². The summed E-state index contributed by atoms with van der Waals surface area (Å²) in [5.74, 6) is 0.552. The molecule has 0 heteroatoms. The first-order chi connectivity index (χ1) is 10.4. The zero-order chi connectivity index (χ0) is 14.1. The van der Waals surface area contributed by atoms with Crippen molar-refractivity contribution in [1.82, 2.24) is 0 Å². The van der Waals surface area contributed by atoms with Crippen LogP contribution in [0.3, 0.4) is 0 Å². The molecule has 1 unspecified atom stereocenters. The predicted molar refractivity (Wildman–Crippen MR) is 89.4 cm³/mol. The van der Waals surface area contributed by atoms with E-state index >= 15 is 0 Å². The maximum atomic E-state index is 2.46. The fraction of sp³-hybridized carbons (Fsp3) is 0.333. The molecule has 0 amide bonds. The predicted octanol–water partition coefficient (Wildman–Crippen LogP) is 5.70. The van der Waals surface area contributed by atoms with E-state index in [1.165, 1.54) is 48.8 Å². The molecule has 0 aliphatic heterocycles. The Balaban J connectivity index is 1.83. The second-order valence-electron chi connectivity index (χ2n) is 6.55. The van der Waals surface area contributed by atoms with Crippen LogP contribution in [-0.2, 0) is 5.41 Å². The molecule has 1 saturated carbocycles. The van der Waals surface area contributed by atoms with Crippen LogP contribution >= 0.6 is 0 Å². The first-order valence-corrected chi connectivity index (χ1v) is 8.23. The molecule has 2 aliphatic rings. The molecule has 0 saturated heterocycles. The average molecular weight is 274 g/mol. The number of allylic oxidation sites excluding steroid dienone is 1. The van der Waals surface area contributed by atoms with Gasteiger partial charge in [-0.15, -0.1) is 0 Å². The first kappa shape index (κ1) is 12.9. The molecule has 0 nitrogen and oxygen atoms in total. The smallest absolute Gasteiger partial charge is 0.0124 e. The van der Waals surface area contributed by atoms with Crippen molar-refractivity contribution < 1.29 is 0 Å². The zero-order valence-electron chi connectivity index (χ0n) is 12.5. The Morgan fingerprint density at radius 2 is 1.48 bits per heavy atom. The Morgan fingerprint density at radius 1 is 0.762 bits per heavy atom. The quantitative estimate of drug-likeness (QED) is 0.659. The van der Waals surface area contributed by atoms with Gasteiger partial charge in [0, 0.05) is 11.3 Å². The summed E-state index contributed by atoms with van der Waals surface area (Å²) in [4.78, 5) is 0. The van der Waals surface area contributed by atoms with Crippen molar-refractivity contribution in [3.05, 3.63) is 77.4 Å². The molecule has 0 radical (unpaired) electrons. The van der Waals surface area contributed by atoms with Crippen molar-refractivity contribution in [2.24, 2.45) is 0 Å². The fourth-order valence-electron chi connectivity index (χ4n) is 4.46. The van der Waals surface area contributed by atoms with Gasteiger partial charge in [0.25, 0.3) is 0 Å². The van der Waals surface area contributed by atoms with Crippen LogP contribution in [0.2, 0.25) is 0 Å². The van der Waals surface area contributed by atoms with E-state index in [0.717, 1.165) is 0 Å². The molecule has 1 fully saturated rings. The highest BCUT2D eigenvalue weighted by Crippen LogP contribution is 2.52. The Labute approximate surface area is 127 Å². The molecule has 2 aliphatic carbocycles. The monoisotopic (exact) mass is 274 g/mol. The molecule has 1 atom stereocenters. The zero-order valence-corrected chi connectivity index (χ0v) is 12.5. The first-order valence-electron chi connectivity index (χ1n) is 8.23. The van der Waals surface area contributed by atoms with Gasteiger partial charge in [-0.2, -0.15) is 0 Å². The Hall–Kier alpha value is -1.82. The third-order valence-corrected chi connectivity index (χ3v) is 5.49. The van der Waals surface area contributed by atoms with Crippen molar-refractivity contribution in [3.8, 4) is 0 Å². The van der Waals surface area contributed by atoms with Crippen LogP contribution in [-0.4, -0.2) is 0 Å². The van der Waals surface area contributed by atoms with E-state index in [-0.39, 0.29) is 0 Å². The fourth-order valence-corrected chi connectivity index (χ4v) is 4.46. The molecule has 0 heterocycles. The summed E-state index contributed by atoms with van der Waals surface area (Å²) in [6.07, 6.45) is 11.6. The number of rotatable bonds is 2. The highest BCUT2D eigenvalue weighted by Gasteiger charge is 2.42. The van der Waals surface area contributed by atoms with E-state index in [1.54, 1.807) is 0 Å². The Kier molecular flexibility index (Phi) is 3.18. The normalized spacial score (nSPS) is 23.0. The van der Waals surface area contributed by atoms with Crippen molar-refractivity contribution in [2.45, 2.75) is 43.4 Å². The summed E-state index contributed by atoms with van der Waals surface area (Å²) in [5, 5.41) is 0. The summed E-state index contributed by atoms with van der Waals surface area (Å²) in [5.41, 5.74) is 4.80. The minimum absolute atomic E-state index is 0.308.